The van der Waals surface area contributed by atoms with Crippen molar-refractivity contribution >= 4 is 35.6 Å². The SMILES string of the molecule is NC(=O)CCC(NC(=O)C(CCC(=O)O)NC(=O)C(N)CO)C(=O)NCC(=O)O. The van der Waals surface area contributed by atoms with Crippen LogP contribution < -0.4 is 27.4 Å². The molecular formula is C15H25N5O9. The molecule has 14 nitrogen and oxygen atoms in total. The minimum atomic E-state index is -1.42. The number of aliphatic carboxylic acids is 2. The number of carbonyl (C=O) groups excluding carboxylic acids is 4. The Balaban J connectivity index is 5.29. The normalized spacial score (nSPS) is 13.4. The number of aliphatic hydroxyl groups excluding tert-OH is 1. The van der Waals surface area contributed by atoms with Gasteiger partial charge in [-0.05, 0) is 12.8 Å². The van der Waals surface area contributed by atoms with Gasteiger partial charge in [0.1, 0.15) is 24.7 Å². The van der Waals surface area contributed by atoms with Crippen molar-refractivity contribution in [1.82, 2.24) is 16.0 Å². The van der Waals surface area contributed by atoms with Gasteiger partial charge in [-0.3, -0.25) is 28.8 Å². The third-order valence-corrected chi connectivity index (χ3v) is 3.54. The first-order chi connectivity index (χ1) is 13.5. The molecule has 0 aromatic carbocycles. The van der Waals surface area contributed by atoms with E-state index in [9.17, 15) is 28.8 Å². The number of nitrogens with one attached hydrogen (secondary N) is 3. The third kappa shape index (κ3) is 11.2. The van der Waals surface area contributed by atoms with Crippen molar-refractivity contribution in [1.29, 1.82) is 0 Å². The summed E-state index contributed by atoms with van der Waals surface area (Å²) < 4.78 is 0. The zero-order valence-electron chi connectivity index (χ0n) is 15.4. The van der Waals surface area contributed by atoms with Crippen LogP contribution in [0.3, 0.4) is 0 Å². The molecule has 0 saturated carbocycles. The molecule has 0 aromatic heterocycles. The van der Waals surface area contributed by atoms with Gasteiger partial charge >= 0.3 is 11.9 Å². The van der Waals surface area contributed by atoms with E-state index in [2.05, 4.69) is 10.6 Å². The average Bonchev–Trinajstić information content (AvgIpc) is 2.64. The van der Waals surface area contributed by atoms with Crippen LogP contribution in [-0.4, -0.2) is 82.2 Å². The van der Waals surface area contributed by atoms with Crippen LogP contribution in [-0.2, 0) is 28.8 Å². The minimum Gasteiger partial charge on any atom is -0.481 e. The highest BCUT2D eigenvalue weighted by Crippen LogP contribution is 2.03. The molecule has 29 heavy (non-hydrogen) atoms. The van der Waals surface area contributed by atoms with Crippen molar-refractivity contribution in [2.75, 3.05) is 13.2 Å². The van der Waals surface area contributed by atoms with Crippen molar-refractivity contribution in [2.24, 2.45) is 11.5 Å². The molecule has 0 bridgehead atoms. The lowest BCUT2D eigenvalue weighted by Gasteiger charge is -2.23. The summed E-state index contributed by atoms with van der Waals surface area (Å²) in [6.45, 7) is -1.47. The number of hydrogen-bond donors (Lipinski definition) is 8. The van der Waals surface area contributed by atoms with E-state index in [1.54, 1.807) is 0 Å². The molecule has 0 aliphatic rings. The smallest absolute Gasteiger partial charge is 0.322 e. The molecule has 4 amide bonds. The summed E-state index contributed by atoms with van der Waals surface area (Å²) in [4.78, 5) is 68.7. The van der Waals surface area contributed by atoms with E-state index >= 15 is 0 Å². The number of carboxylic acids is 2. The number of carbonyl (C=O) groups is 6. The number of primary amides is 1. The number of amides is 4. The van der Waals surface area contributed by atoms with Gasteiger partial charge in [0.25, 0.3) is 0 Å². The van der Waals surface area contributed by atoms with Crippen LogP contribution >= 0.6 is 0 Å². The predicted molar refractivity (Wildman–Crippen MR) is 94.9 cm³/mol. The van der Waals surface area contributed by atoms with Crippen molar-refractivity contribution in [2.45, 2.75) is 43.8 Å². The van der Waals surface area contributed by atoms with E-state index in [4.69, 9.17) is 26.8 Å². The Hall–Kier alpha value is -3.26. The second-order valence-corrected chi connectivity index (χ2v) is 5.96. The topological polar surface area (TPSA) is 251 Å². The van der Waals surface area contributed by atoms with Crippen molar-refractivity contribution in [3.8, 4) is 0 Å². The summed E-state index contributed by atoms with van der Waals surface area (Å²) >= 11 is 0. The van der Waals surface area contributed by atoms with Gasteiger partial charge in [0.05, 0.1) is 6.61 Å². The fourth-order valence-electron chi connectivity index (χ4n) is 2.01. The Kier molecular flexibility index (Phi) is 11.5. The second-order valence-electron chi connectivity index (χ2n) is 5.96. The highest BCUT2D eigenvalue weighted by atomic mass is 16.4. The van der Waals surface area contributed by atoms with Crippen molar-refractivity contribution in [3.05, 3.63) is 0 Å². The van der Waals surface area contributed by atoms with Gasteiger partial charge in [0.15, 0.2) is 0 Å². The van der Waals surface area contributed by atoms with Gasteiger partial charge in [-0.1, -0.05) is 0 Å². The molecule has 0 aliphatic heterocycles. The second kappa shape index (κ2) is 13.0. The van der Waals surface area contributed by atoms with Gasteiger partial charge in [-0.15, -0.1) is 0 Å². The van der Waals surface area contributed by atoms with E-state index in [-0.39, 0.29) is 19.3 Å². The Labute approximate surface area is 165 Å². The molecule has 0 rings (SSSR count). The van der Waals surface area contributed by atoms with Gasteiger partial charge in [0.2, 0.25) is 23.6 Å². The number of aliphatic hydroxyl groups is 1. The van der Waals surface area contributed by atoms with Crippen molar-refractivity contribution < 1.29 is 44.1 Å². The molecule has 14 heteroatoms. The summed E-state index contributed by atoms with van der Waals surface area (Å²) in [6, 6.07) is -4.15. The van der Waals surface area contributed by atoms with Gasteiger partial charge in [-0.25, -0.2) is 0 Å². The fourth-order valence-corrected chi connectivity index (χ4v) is 2.01. The predicted octanol–water partition coefficient (Wildman–Crippen LogP) is -4.39. The first kappa shape index (κ1) is 25.7. The van der Waals surface area contributed by atoms with E-state index < -0.39 is 73.3 Å². The first-order valence-electron chi connectivity index (χ1n) is 8.44. The summed E-state index contributed by atoms with van der Waals surface area (Å²) in [6.07, 6.45) is -1.44. The molecule has 0 radical (unpaired) electrons. The average molecular weight is 419 g/mol. The zero-order chi connectivity index (χ0) is 22.6. The van der Waals surface area contributed by atoms with E-state index in [0.29, 0.717) is 0 Å². The monoisotopic (exact) mass is 419 g/mol. The molecule has 3 unspecified atom stereocenters. The molecule has 164 valence electrons. The maximum atomic E-state index is 12.5. The van der Waals surface area contributed by atoms with Crippen molar-refractivity contribution in [3.63, 3.8) is 0 Å². The van der Waals surface area contributed by atoms with Crippen LogP contribution in [0.1, 0.15) is 25.7 Å². The standard InChI is InChI=1S/C15H25N5O9/c16-7(6-21)13(27)19-9(2-4-11(23)24)15(29)20-8(1-3-10(17)22)14(28)18-5-12(25)26/h7-9,21H,1-6,16H2,(H2,17,22)(H,18,28)(H,19,27)(H,20,29)(H,23,24)(H,25,26). The Morgan fingerprint density at radius 3 is 1.79 bits per heavy atom. The minimum absolute atomic E-state index is 0.262. The van der Waals surface area contributed by atoms with Crippen LogP contribution in [0.5, 0.6) is 0 Å². The Bertz CT molecular complexity index is 640. The molecular weight excluding hydrogens is 394 g/mol. The maximum absolute atomic E-state index is 12.5. The molecule has 3 atom stereocenters. The zero-order valence-corrected chi connectivity index (χ0v) is 15.4. The molecule has 0 aromatic rings. The first-order valence-corrected chi connectivity index (χ1v) is 8.44. The van der Waals surface area contributed by atoms with E-state index in [1.165, 1.54) is 0 Å². The molecule has 0 aliphatic carbocycles. The largest absolute Gasteiger partial charge is 0.481 e. The highest BCUT2D eigenvalue weighted by Gasteiger charge is 2.28. The number of rotatable bonds is 14. The van der Waals surface area contributed by atoms with Gasteiger partial charge in [0, 0.05) is 12.8 Å². The van der Waals surface area contributed by atoms with Gasteiger partial charge in [-0.2, -0.15) is 0 Å². The van der Waals surface area contributed by atoms with E-state index in [1.807, 2.05) is 5.32 Å². The van der Waals surface area contributed by atoms with Gasteiger partial charge < -0.3 is 42.7 Å². The summed E-state index contributed by atoms with van der Waals surface area (Å²) in [5.74, 6) is -6.19. The lowest BCUT2D eigenvalue weighted by molar-refractivity contribution is -0.139. The molecule has 0 spiro atoms. The molecule has 0 fully saturated rings. The highest BCUT2D eigenvalue weighted by molar-refractivity contribution is 5.94. The molecule has 10 N–H and O–H groups in total. The summed E-state index contributed by atoms with van der Waals surface area (Å²) in [5, 5.41) is 32.7. The van der Waals surface area contributed by atoms with Crippen LogP contribution in [0, 0.1) is 0 Å². The van der Waals surface area contributed by atoms with Crippen LogP contribution in [0.15, 0.2) is 0 Å². The number of hydrogen-bond acceptors (Lipinski definition) is 8. The van der Waals surface area contributed by atoms with Crippen LogP contribution in [0.4, 0.5) is 0 Å². The van der Waals surface area contributed by atoms with Crippen LogP contribution in [0.25, 0.3) is 0 Å². The third-order valence-electron chi connectivity index (χ3n) is 3.54. The molecule has 0 saturated heterocycles. The summed E-state index contributed by atoms with van der Waals surface area (Å²) in [5.41, 5.74) is 10.3. The number of carboxylic acid groups (broad SMARTS) is 2. The Morgan fingerprint density at radius 1 is 0.793 bits per heavy atom. The fraction of sp³-hybridized carbons (Fsp3) is 0.600. The van der Waals surface area contributed by atoms with Crippen LogP contribution in [0.2, 0.25) is 0 Å². The maximum Gasteiger partial charge on any atom is 0.322 e. The quantitative estimate of drug-likeness (QED) is 0.134. The Morgan fingerprint density at radius 2 is 1.31 bits per heavy atom. The lowest BCUT2D eigenvalue weighted by Crippen LogP contribution is -2.56. The van der Waals surface area contributed by atoms with E-state index in [0.717, 1.165) is 0 Å². The molecule has 0 heterocycles. The lowest BCUT2D eigenvalue weighted by atomic mass is 10.1. The summed E-state index contributed by atoms with van der Waals surface area (Å²) in [7, 11) is 0. The number of nitrogens with two attached hydrogens (primary N) is 2.